The van der Waals surface area contributed by atoms with Gasteiger partial charge in [-0.25, -0.2) is 0 Å². The van der Waals surface area contributed by atoms with Crippen LogP contribution in [0.4, 0.5) is 0 Å². The quantitative estimate of drug-likeness (QED) is 0.682. The molecule has 2 heterocycles. The molecule has 1 aliphatic rings. The predicted octanol–water partition coefficient (Wildman–Crippen LogP) is 3.98. The van der Waals surface area contributed by atoms with Crippen LogP contribution in [-0.4, -0.2) is 43.7 Å². The van der Waals surface area contributed by atoms with E-state index < -0.39 is 0 Å². The highest BCUT2D eigenvalue weighted by molar-refractivity contribution is 6.04. The van der Waals surface area contributed by atoms with Crippen LogP contribution in [0.25, 0.3) is 10.8 Å². The lowest BCUT2D eigenvalue weighted by atomic mass is 10.0. The van der Waals surface area contributed by atoms with Crippen molar-refractivity contribution in [3.05, 3.63) is 66.1 Å². The molecule has 146 valence electrons. The van der Waals surface area contributed by atoms with E-state index in [4.69, 9.17) is 9.15 Å². The first-order valence-electron chi connectivity index (χ1n) is 9.80. The average Bonchev–Trinajstić information content (AvgIpc) is 3.15. The number of likely N-dealkylation sites (tertiary alicyclic amines) is 1. The summed E-state index contributed by atoms with van der Waals surface area (Å²) >= 11 is 0. The van der Waals surface area contributed by atoms with Crippen LogP contribution in [0.2, 0.25) is 0 Å². The van der Waals surface area contributed by atoms with E-state index in [-0.39, 0.29) is 11.9 Å². The summed E-state index contributed by atoms with van der Waals surface area (Å²) in [6.45, 7) is 3.07. The number of nitrogens with zero attached hydrogens (tertiary/aromatic N) is 1. The van der Waals surface area contributed by atoms with Gasteiger partial charge in [-0.05, 0) is 24.3 Å². The van der Waals surface area contributed by atoms with Crippen LogP contribution >= 0.6 is 0 Å². The molecule has 1 amide bonds. The van der Waals surface area contributed by atoms with E-state index in [9.17, 15) is 4.79 Å². The molecule has 1 fully saturated rings. The molecule has 28 heavy (non-hydrogen) atoms. The van der Waals surface area contributed by atoms with Crippen molar-refractivity contribution in [2.75, 3.05) is 27.2 Å². The molecule has 0 unspecified atom stereocenters. The minimum absolute atomic E-state index is 0.113. The molecular formula is C23H27N2O3+. The number of methoxy groups -OCH3 is 1. The van der Waals surface area contributed by atoms with E-state index in [0.717, 1.165) is 53.5 Å². The lowest BCUT2D eigenvalue weighted by molar-refractivity contribution is -0.927. The number of rotatable bonds is 5. The smallest absolute Gasteiger partial charge is 0.287 e. The lowest BCUT2D eigenvalue weighted by Gasteiger charge is -2.40. The summed E-state index contributed by atoms with van der Waals surface area (Å²) in [6.07, 6.45) is 3.59. The summed E-state index contributed by atoms with van der Waals surface area (Å²) in [5, 5.41) is 5.00. The van der Waals surface area contributed by atoms with E-state index in [2.05, 4.69) is 24.5 Å². The molecule has 0 radical (unpaired) electrons. The number of nitrogens with one attached hydrogen (secondary N) is 1. The summed E-state index contributed by atoms with van der Waals surface area (Å²) in [6, 6.07) is 16.3. The largest absolute Gasteiger partial charge is 0.497 e. The Bertz CT molecular complexity index is 953. The molecule has 4 rings (SSSR count). The second-order valence-electron chi connectivity index (χ2n) is 7.97. The number of carbonyl (C=O) groups excluding carboxylic acids is 1. The van der Waals surface area contributed by atoms with E-state index in [1.165, 1.54) is 5.56 Å². The first-order valence-corrected chi connectivity index (χ1v) is 9.80. The van der Waals surface area contributed by atoms with Gasteiger partial charge in [-0.15, -0.1) is 0 Å². The fourth-order valence-corrected chi connectivity index (χ4v) is 4.08. The summed E-state index contributed by atoms with van der Waals surface area (Å²) in [4.78, 5) is 12.7. The van der Waals surface area contributed by atoms with Crippen LogP contribution in [0.15, 0.2) is 59.2 Å². The second-order valence-corrected chi connectivity index (χ2v) is 7.97. The maximum absolute atomic E-state index is 12.7. The molecule has 0 spiro atoms. The fourth-order valence-electron chi connectivity index (χ4n) is 4.08. The molecule has 5 nitrogen and oxygen atoms in total. The first kappa shape index (κ1) is 18.6. The zero-order valence-corrected chi connectivity index (χ0v) is 16.5. The van der Waals surface area contributed by atoms with Gasteiger partial charge in [0.05, 0.1) is 33.5 Å². The summed E-state index contributed by atoms with van der Waals surface area (Å²) in [5.74, 6) is 1.19. The number of hydrogen-bond donors (Lipinski definition) is 1. The van der Waals surface area contributed by atoms with Crippen LogP contribution in [0.1, 0.15) is 29.0 Å². The summed E-state index contributed by atoms with van der Waals surface area (Å²) < 4.78 is 11.8. The Labute approximate surface area is 165 Å². The Balaban J connectivity index is 1.35. The highest BCUT2D eigenvalue weighted by atomic mass is 16.5. The van der Waals surface area contributed by atoms with Gasteiger partial charge in [-0.2, -0.15) is 0 Å². The normalized spacial score (nSPS) is 22.1. The van der Waals surface area contributed by atoms with Crippen LogP contribution in [0, 0.1) is 0 Å². The van der Waals surface area contributed by atoms with Crippen molar-refractivity contribution in [2.24, 2.45) is 0 Å². The monoisotopic (exact) mass is 379 g/mol. The van der Waals surface area contributed by atoms with Crippen molar-refractivity contribution < 1.29 is 18.4 Å². The predicted molar refractivity (Wildman–Crippen MR) is 109 cm³/mol. The number of hydrogen-bond acceptors (Lipinski definition) is 3. The van der Waals surface area contributed by atoms with Gasteiger partial charge in [0.15, 0.2) is 5.76 Å². The van der Waals surface area contributed by atoms with Crippen molar-refractivity contribution in [3.8, 4) is 5.75 Å². The molecule has 5 heteroatoms. The Kier molecular flexibility index (Phi) is 5.09. The minimum Gasteiger partial charge on any atom is -0.497 e. The zero-order chi connectivity index (χ0) is 19.6. The molecule has 1 N–H and O–H groups in total. The maximum Gasteiger partial charge on any atom is 0.287 e. The third kappa shape index (κ3) is 3.90. The van der Waals surface area contributed by atoms with Gasteiger partial charge in [-0.3, -0.25) is 4.79 Å². The third-order valence-corrected chi connectivity index (χ3v) is 5.81. The molecule has 1 aromatic heterocycles. The van der Waals surface area contributed by atoms with Gasteiger partial charge in [0, 0.05) is 35.2 Å². The van der Waals surface area contributed by atoms with E-state index in [1.807, 2.05) is 36.4 Å². The number of furan rings is 1. The van der Waals surface area contributed by atoms with Gasteiger partial charge in [0.2, 0.25) is 0 Å². The molecule has 3 aromatic rings. The van der Waals surface area contributed by atoms with Crippen LogP contribution < -0.4 is 10.1 Å². The standard InChI is InChI=1S/C23H26N2O3/c1-25(15-17-7-9-20(27-2)10-8-17)13-11-19(12-14-25)24-23(26)22-21-6-4-3-5-18(21)16-28-22/h3-10,16,19H,11-15H2,1-2H3/p+1. The lowest BCUT2D eigenvalue weighted by Crippen LogP contribution is -2.53. The maximum atomic E-state index is 12.7. The average molecular weight is 379 g/mol. The number of carbonyl (C=O) groups is 1. The molecule has 0 saturated carbocycles. The van der Waals surface area contributed by atoms with Crippen molar-refractivity contribution >= 4 is 16.7 Å². The number of fused-ring (bicyclic) bond motifs is 1. The highest BCUT2D eigenvalue weighted by Crippen LogP contribution is 2.24. The van der Waals surface area contributed by atoms with Crippen molar-refractivity contribution in [1.29, 1.82) is 0 Å². The Morgan fingerprint density at radius 2 is 1.86 bits per heavy atom. The zero-order valence-electron chi connectivity index (χ0n) is 16.5. The number of quaternary nitrogens is 1. The van der Waals surface area contributed by atoms with E-state index in [1.54, 1.807) is 13.4 Å². The van der Waals surface area contributed by atoms with Gasteiger partial charge >= 0.3 is 0 Å². The van der Waals surface area contributed by atoms with Gasteiger partial charge in [0.25, 0.3) is 5.91 Å². The van der Waals surface area contributed by atoms with Crippen LogP contribution in [-0.2, 0) is 6.54 Å². The molecule has 1 saturated heterocycles. The Hall–Kier alpha value is -2.79. The van der Waals surface area contributed by atoms with Crippen LogP contribution in [0.5, 0.6) is 5.75 Å². The molecule has 1 aliphatic heterocycles. The van der Waals surface area contributed by atoms with Gasteiger partial charge < -0.3 is 19.0 Å². The van der Waals surface area contributed by atoms with Crippen molar-refractivity contribution in [2.45, 2.75) is 25.4 Å². The number of ether oxygens (including phenoxy) is 1. The molecule has 0 bridgehead atoms. The summed E-state index contributed by atoms with van der Waals surface area (Å²) in [7, 11) is 3.98. The Morgan fingerprint density at radius 3 is 2.57 bits per heavy atom. The SMILES string of the molecule is COc1ccc(C[N+]2(C)CCC(NC(=O)c3occ4ccccc34)CC2)cc1. The molecule has 2 aromatic carbocycles. The van der Waals surface area contributed by atoms with Crippen molar-refractivity contribution in [1.82, 2.24) is 5.32 Å². The number of amides is 1. The second kappa shape index (κ2) is 7.68. The van der Waals surface area contributed by atoms with E-state index >= 15 is 0 Å². The van der Waals surface area contributed by atoms with Crippen molar-refractivity contribution in [3.63, 3.8) is 0 Å². The van der Waals surface area contributed by atoms with Gasteiger partial charge in [0.1, 0.15) is 12.3 Å². The van der Waals surface area contributed by atoms with Crippen LogP contribution in [0.3, 0.4) is 0 Å². The first-order chi connectivity index (χ1) is 13.6. The molecular weight excluding hydrogens is 352 g/mol. The highest BCUT2D eigenvalue weighted by Gasteiger charge is 2.31. The Morgan fingerprint density at radius 1 is 1.14 bits per heavy atom. The van der Waals surface area contributed by atoms with E-state index in [0.29, 0.717) is 5.76 Å². The minimum atomic E-state index is -0.113. The fraction of sp³-hybridized carbons (Fsp3) is 0.348. The third-order valence-electron chi connectivity index (χ3n) is 5.81. The number of piperidine rings is 1. The molecule has 0 atom stereocenters. The number of benzene rings is 2. The molecule has 0 aliphatic carbocycles. The van der Waals surface area contributed by atoms with Gasteiger partial charge in [-0.1, -0.05) is 24.3 Å². The summed E-state index contributed by atoms with van der Waals surface area (Å²) in [5.41, 5.74) is 1.31. The topological polar surface area (TPSA) is 51.5 Å².